The van der Waals surface area contributed by atoms with Gasteiger partial charge in [0.2, 0.25) is 11.9 Å². The Labute approximate surface area is 183 Å². The SMILES string of the molecule is COc1ccc(CO[C@@H](c2cnc3nc(NC(C)=O)[nH]c(=O)c3n2)[C@@H](C)OC(C)=O)cc1. The fourth-order valence-corrected chi connectivity index (χ4v) is 2.99. The number of H-pyrrole nitrogens is 1. The molecular weight excluding hydrogens is 418 g/mol. The van der Waals surface area contributed by atoms with E-state index in [2.05, 4.69) is 25.3 Å². The second kappa shape index (κ2) is 9.96. The quantitative estimate of drug-likeness (QED) is 0.500. The molecule has 0 aliphatic carbocycles. The molecule has 0 unspecified atom stereocenters. The third kappa shape index (κ3) is 5.64. The van der Waals surface area contributed by atoms with Crippen LogP contribution in [0.1, 0.15) is 38.1 Å². The summed E-state index contributed by atoms with van der Waals surface area (Å²) in [6.45, 7) is 4.44. The van der Waals surface area contributed by atoms with Crippen LogP contribution in [0, 0.1) is 0 Å². The van der Waals surface area contributed by atoms with Crippen LogP contribution in [0.2, 0.25) is 0 Å². The number of hydrogen-bond donors (Lipinski definition) is 2. The Balaban J connectivity index is 1.91. The van der Waals surface area contributed by atoms with Crippen molar-refractivity contribution in [1.82, 2.24) is 19.9 Å². The molecule has 0 saturated heterocycles. The molecule has 0 saturated carbocycles. The molecule has 0 aliphatic heterocycles. The van der Waals surface area contributed by atoms with Crippen LogP contribution in [0.15, 0.2) is 35.3 Å². The third-order valence-corrected chi connectivity index (χ3v) is 4.39. The van der Waals surface area contributed by atoms with Gasteiger partial charge in [0.15, 0.2) is 11.2 Å². The molecule has 11 nitrogen and oxygen atoms in total. The number of carbonyl (C=O) groups is 2. The van der Waals surface area contributed by atoms with Gasteiger partial charge in [0.1, 0.15) is 18.0 Å². The second-order valence-corrected chi connectivity index (χ2v) is 6.96. The molecule has 0 spiro atoms. The van der Waals surface area contributed by atoms with Crippen molar-refractivity contribution in [3.63, 3.8) is 0 Å². The molecule has 2 N–H and O–H groups in total. The van der Waals surface area contributed by atoms with Crippen molar-refractivity contribution >= 4 is 29.0 Å². The maximum atomic E-state index is 12.5. The van der Waals surface area contributed by atoms with Crippen molar-refractivity contribution in [2.75, 3.05) is 12.4 Å². The third-order valence-electron chi connectivity index (χ3n) is 4.39. The summed E-state index contributed by atoms with van der Waals surface area (Å²) in [6.07, 6.45) is -0.110. The number of amides is 1. The topological polar surface area (TPSA) is 145 Å². The van der Waals surface area contributed by atoms with Gasteiger partial charge in [0.25, 0.3) is 5.56 Å². The fourth-order valence-electron chi connectivity index (χ4n) is 2.99. The van der Waals surface area contributed by atoms with Crippen molar-refractivity contribution in [3.05, 3.63) is 52.1 Å². The highest BCUT2D eigenvalue weighted by atomic mass is 16.6. The molecule has 168 valence electrons. The molecule has 3 aromatic rings. The minimum atomic E-state index is -0.799. The van der Waals surface area contributed by atoms with Crippen LogP contribution in [0.25, 0.3) is 11.2 Å². The van der Waals surface area contributed by atoms with Gasteiger partial charge in [0, 0.05) is 13.8 Å². The first kappa shape index (κ1) is 22.8. The van der Waals surface area contributed by atoms with Gasteiger partial charge in [-0.25, -0.2) is 9.97 Å². The standard InChI is InChI=1S/C21H23N5O6/c1-11(32-13(3)28)18(31-10-14-5-7-15(30-4)8-6-14)16-9-22-19-17(24-16)20(29)26-21(25-19)23-12(2)27/h5-9,11,18H,10H2,1-4H3,(H2,22,23,25,26,27,29)/t11-,18-/m1/s1. The first-order chi connectivity index (χ1) is 15.3. The minimum Gasteiger partial charge on any atom is -0.497 e. The average molecular weight is 441 g/mol. The number of hydrogen-bond acceptors (Lipinski definition) is 9. The van der Waals surface area contributed by atoms with E-state index in [1.807, 2.05) is 12.1 Å². The zero-order valence-corrected chi connectivity index (χ0v) is 18.0. The summed E-state index contributed by atoms with van der Waals surface area (Å²) in [5.74, 6) is -0.190. The van der Waals surface area contributed by atoms with Gasteiger partial charge in [-0.05, 0) is 24.6 Å². The van der Waals surface area contributed by atoms with Crippen molar-refractivity contribution < 1.29 is 23.8 Å². The Kier molecular flexibility index (Phi) is 7.11. The smallest absolute Gasteiger partial charge is 0.302 e. The van der Waals surface area contributed by atoms with Gasteiger partial charge >= 0.3 is 5.97 Å². The number of fused-ring (bicyclic) bond motifs is 1. The summed E-state index contributed by atoms with van der Waals surface area (Å²) in [5, 5.41) is 2.40. The Morgan fingerprint density at radius 1 is 1.16 bits per heavy atom. The van der Waals surface area contributed by atoms with Gasteiger partial charge in [-0.2, -0.15) is 4.98 Å². The van der Waals surface area contributed by atoms with Gasteiger partial charge in [-0.15, -0.1) is 0 Å². The lowest BCUT2D eigenvalue weighted by atomic mass is 10.1. The van der Waals surface area contributed by atoms with Crippen molar-refractivity contribution in [3.8, 4) is 5.75 Å². The monoisotopic (exact) mass is 441 g/mol. The van der Waals surface area contributed by atoms with E-state index in [0.29, 0.717) is 11.4 Å². The van der Waals surface area contributed by atoms with E-state index in [4.69, 9.17) is 14.2 Å². The van der Waals surface area contributed by atoms with Crippen LogP contribution in [0.5, 0.6) is 5.75 Å². The molecule has 2 atom stereocenters. The van der Waals surface area contributed by atoms with Gasteiger partial charge in [-0.1, -0.05) is 12.1 Å². The Hall–Kier alpha value is -3.86. The molecule has 0 aliphatic rings. The summed E-state index contributed by atoms with van der Waals surface area (Å²) in [6, 6.07) is 7.29. The molecule has 32 heavy (non-hydrogen) atoms. The number of aromatic nitrogens is 4. The minimum absolute atomic E-state index is 0.0300. The van der Waals surface area contributed by atoms with Crippen LogP contribution in [-0.2, 0) is 25.7 Å². The fraction of sp³-hybridized carbons (Fsp3) is 0.333. The zero-order valence-electron chi connectivity index (χ0n) is 18.0. The van der Waals surface area contributed by atoms with E-state index >= 15 is 0 Å². The van der Waals surface area contributed by atoms with Gasteiger partial charge in [0.05, 0.1) is 25.6 Å². The largest absolute Gasteiger partial charge is 0.497 e. The normalized spacial score (nSPS) is 12.8. The van der Waals surface area contributed by atoms with Crippen LogP contribution >= 0.6 is 0 Å². The number of nitrogens with one attached hydrogen (secondary N) is 2. The molecule has 2 heterocycles. The lowest BCUT2D eigenvalue weighted by Gasteiger charge is -2.23. The van der Waals surface area contributed by atoms with E-state index in [-0.39, 0.29) is 29.6 Å². The predicted octanol–water partition coefficient (Wildman–Crippen LogP) is 1.89. The number of esters is 1. The van der Waals surface area contributed by atoms with E-state index in [0.717, 1.165) is 5.56 Å². The van der Waals surface area contributed by atoms with Crippen LogP contribution < -0.4 is 15.6 Å². The summed E-state index contributed by atoms with van der Waals surface area (Å²) >= 11 is 0. The van der Waals surface area contributed by atoms with E-state index < -0.39 is 23.7 Å². The Bertz CT molecular complexity index is 1180. The van der Waals surface area contributed by atoms with Crippen LogP contribution in [0.3, 0.4) is 0 Å². The highest BCUT2D eigenvalue weighted by molar-refractivity contribution is 5.87. The number of rotatable bonds is 8. The zero-order chi connectivity index (χ0) is 23.3. The molecular formula is C21H23N5O6. The van der Waals surface area contributed by atoms with Crippen molar-refractivity contribution in [2.45, 2.75) is 39.6 Å². The molecule has 0 fully saturated rings. The number of aromatic amines is 1. The summed E-state index contributed by atoms with van der Waals surface area (Å²) in [7, 11) is 1.58. The molecule has 0 radical (unpaired) electrons. The van der Waals surface area contributed by atoms with Crippen LogP contribution in [0.4, 0.5) is 5.95 Å². The van der Waals surface area contributed by atoms with Gasteiger partial charge in [-0.3, -0.25) is 24.7 Å². The number of methoxy groups -OCH3 is 1. The predicted molar refractivity (Wildman–Crippen MR) is 114 cm³/mol. The van der Waals surface area contributed by atoms with E-state index in [1.165, 1.54) is 20.0 Å². The number of ether oxygens (including phenoxy) is 3. The number of anilines is 1. The summed E-state index contributed by atoms with van der Waals surface area (Å²) in [4.78, 5) is 50.2. The molecule has 1 amide bonds. The number of benzene rings is 1. The maximum Gasteiger partial charge on any atom is 0.302 e. The molecule has 3 rings (SSSR count). The highest BCUT2D eigenvalue weighted by Gasteiger charge is 2.26. The maximum absolute atomic E-state index is 12.5. The average Bonchev–Trinajstić information content (AvgIpc) is 2.73. The molecule has 1 aromatic carbocycles. The number of carbonyl (C=O) groups excluding carboxylic acids is 2. The van der Waals surface area contributed by atoms with Crippen LogP contribution in [-0.4, -0.2) is 45.0 Å². The van der Waals surface area contributed by atoms with Crippen molar-refractivity contribution in [1.29, 1.82) is 0 Å². The summed E-state index contributed by atoms with van der Waals surface area (Å²) < 4.78 is 16.5. The first-order valence-electron chi connectivity index (χ1n) is 9.73. The van der Waals surface area contributed by atoms with E-state index in [1.54, 1.807) is 26.2 Å². The molecule has 0 bridgehead atoms. The number of nitrogens with zero attached hydrogens (tertiary/aromatic N) is 3. The lowest BCUT2D eigenvalue weighted by molar-refractivity contribution is -0.154. The van der Waals surface area contributed by atoms with E-state index in [9.17, 15) is 14.4 Å². The Morgan fingerprint density at radius 2 is 1.88 bits per heavy atom. The second-order valence-electron chi connectivity index (χ2n) is 6.96. The van der Waals surface area contributed by atoms with Crippen molar-refractivity contribution in [2.24, 2.45) is 0 Å². The Morgan fingerprint density at radius 3 is 2.50 bits per heavy atom. The first-order valence-corrected chi connectivity index (χ1v) is 9.73. The molecule has 2 aromatic heterocycles. The summed E-state index contributed by atoms with van der Waals surface area (Å²) in [5.41, 5.74) is 0.584. The lowest BCUT2D eigenvalue weighted by Crippen LogP contribution is -2.25. The highest BCUT2D eigenvalue weighted by Crippen LogP contribution is 2.25. The molecule has 11 heteroatoms. The van der Waals surface area contributed by atoms with Gasteiger partial charge < -0.3 is 14.2 Å².